The Morgan fingerprint density at radius 3 is 2.62 bits per heavy atom. The van der Waals surface area contributed by atoms with Crippen LogP contribution < -0.4 is 5.73 Å². The number of hydrogen-bond donors (Lipinski definition) is 1. The molecule has 10 heteroatoms. The first kappa shape index (κ1) is 22.6. The molecule has 4 heterocycles. The van der Waals surface area contributed by atoms with Crippen molar-refractivity contribution in [1.82, 2.24) is 34.8 Å². The Hall–Kier alpha value is -4.86. The molecule has 1 aliphatic rings. The minimum absolute atomic E-state index is 0.0294. The topological polar surface area (TPSA) is 129 Å². The zero-order chi connectivity index (χ0) is 25.4. The predicted octanol–water partition coefficient (Wildman–Crippen LogP) is 4.14. The molecule has 0 radical (unpaired) electrons. The van der Waals surface area contributed by atoms with Gasteiger partial charge in [-0.2, -0.15) is 10.1 Å². The summed E-state index contributed by atoms with van der Waals surface area (Å²) in [5.74, 6) is 1.24. The lowest BCUT2D eigenvalue weighted by atomic mass is 10.1. The van der Waals surface area contributed by atoms with Crippen molar-refractivity contribution in [3.63, 3.8) is 0 Å². The number of piperidine rings is 1. The predicted molar refractivity (Wildman–Crippen MR) is 139 cm³/mol. The van der Waals surface area contributed by atoms with Crippen LogP contribution in [0.1, 0.15) is 18.9 Å². The highest BCUT2D eigenvalue weighted by Crippen LogP contribution is 2.34. The van der Waals surface area contributed by atoms with Gasteiger partial charge in [-0.15, -0.1) is 0 Å². The third kappa shape index (κ3) is 4.12. The van der Waals surface area contributed by atoms with Crippen molar-refractivity contribution in [3.8, 4) is 34.1 Å². The van der Waals surface area contributed by atoms with Crippen LogP contribution >= 0.6 is 0 Å². The second-order valence-corrected chi connectivity index (χ2v) is 8.90. The number of benzene rings is 2. The number of nitrogens with zero attached hydrogens (tertiary/aromatic N) is 7. The van der Waals surface area contributed by atoms with Crippen LogP contribution in [0.5, 0.6) is 0 Å². The van der Waals surface area contributed by atoms with E-state index in [2.05, 4.69) is 26.7 Å². The van der Waals surface area contributed by atoms with Crippen molar-refractivity contribution in [2.24, 2.45) is 0 Å². The van der Waals surface area contributed by atoms with Gasteiger partial charge in [-0.1, -0.05) is 54.2 Å². The van der Waals surface area contributed by atoms with E-state index < -0.39 is 0 Å². The van der Waals surface area contributed by atoms with E-state index >= 15 is 0 Å². The summed E-state index contributed by atoms with van der Waals surface area (Å²) >= 11 is 0. The Bertz CT molecular complexity index is 1590. The van der Waals surface area contributed by atoms with E-state index in [9.17, 15) is 4.79 Å². The monoisotopic (exact) mass is 492 g/mol. The maximum atomic E-state index is 12.2. The Morgan fingerprint density at radius 2 is 1.84 bits per heavy atom. The van der Waals surface area contributed by atoms with Gasteiger partial charge in [0.2, 0.25) is 11.7 Å². The summed E-state index contributed by atoms with van der Waals surface area (Å²) in [4.78, 5) is 27.3. The van der Waals surface area contributed by atoms with Gasteiger partial charge in [0.05, 0.1) is 11.4 Å². The van der Waals surface area contributed by atoms with Gasteiger partial charge in [0, 0.05) is 29.8 Å². The minimum Gasteiger partial charge on any atom is -0.383 e. The number of anilines is 1. The minimum atomic E-state index is -0.0806. The molecule has 0 bridgehead atoms. The molecule has 1 amide bonds. The summed E-state index contributed by atoms with van der Waals surface area (Å²) in [5.41, 5.74) is 10.2. The fourth-order valence-corrected chi connectivity index (χ4v) is 4.75. The highest BCUT2D eigenvalue weighted by Gasteiger charge is 2.28. The molecule has 1 fully saturated rings. The van der Waals surface area contributed by atoms with Crippen molar-refractivity contribution in [2.75, 3.05) is 18.8 Å². The summed E-state index contributed by atoms with van der Waals surface area (Å²) in [6, 6.07) is 17.3. The van der Waals surface area contributed by atoms with Gasteiger partial charge in [-0.3, -0.25) is 4.79 Å². The highest BCUT2D eigenvalue weighted by atomic mass is 16.5. The molecular weight excluding hydrogens is 468 g/mol. The number of hydrogen-bond acceptors (Lipinski definition) is 8. The van der Waals surface area contributed by atoms with Crippen LogP contribution in [-0.4, -0.2) is 53.8 Å². The summed E-state index contributed by atoms with van der Waals surface area (Å²) in [6.07, 6.45) is 4.54. The Kier molecular flexibility index (Phi) is 5.68. The quantitative estimate of drug-likeness (QED) is 0.363. The molecule has 10 nitrogen and oxygen atoms in total. The van der Waals surface area contributed by atoms with E-state index in [1.807, 2.05) is 59.3 Å². The molecule has 1 atom stereocenters. The number of rotatable bonds is 5. The summed E-state index contributed by atoms with van der Waals surface area (Å²) < 4.78 is 7.33. The number of carbonyl (C=O) groups excluding carboxylic acids is 1. The zero-order valence-corrected chi connectivity index (χ0v) is 20.0. The normalized spacial score (nSPS) is 15.7. The number of fused-ring (bicyclic) bond motifs is 1. The molecular formula is C27H24N8O2. The van der Waals surface area contributed by atoms with E-state index in [1.165, 1.54) is 12.4 Å². The summed E-state index contributed by atoms with van der Waals surface area (Å²) in [6.45, 7) is 4.85. The molecule has 37 heavy (non-hydrogen) atoms. The van der Waals surface area contributed by atoms with E-state index in [0.717, 1.165) is 29.5 Å². The Morgan fingerprint density at radius 1 is 1.05 bits per heavy atom. The lowest BCUT2D eigenvalue weighted by Crippen LogP contribution is -2.40. The molecule has 0 saturated carbocycles. The van der Waals surface area contributed by atoms with Gasteiger partial charge >= 0.3 is 0 Å². The van der Waals surface area contributed by atoms with Crippen molar-refractivity contribution in [1.29, 1.82) is 0 Å². The van der Waals surface area contributed by atoms with Crippen molar-refractivity contribution >= 4 is 22.8 Å². The SMILES string of the molecule is C=CC(=O)N1CCC[C@@H](n2nc(-c3ccc(-c4noc(-c5ccccc5)n4)cc3)c3c(N)ncnc32)C1. The molecule has 184 valence electrons. The lowest BCUT2D eigenvalue weighted by molar-refractivity contribution is -0.127. The van der Waals surface area contributed by atoms with E-state index in [-0.39, 0.29) is 11.9 Å². The maximum Gasteiger partial charge on any atom is 0.258 e. The largest absolute Gasteiger partial charge is 0.383 e. The molecule has 2 aromatic carbocycles. The van der Waals surface area contributed by atoms with Crippen LogP contribution in [0.2, 0.25) is 0 Å². The average molecular weight is 493 g/mol. The molecule has 5 aromatic rings. The number of aromatic nitrogens is 6. The van der Waals surface area contributed by atoms with Gasteiger partial charge < -0.3 is 15.2 Å². The number of likely N-dealkylation sites (tertiary alicyclic amines) is 1. The van der Waals surface area contributed by atoms with Crippen LogP contribution in [-0.2, 0) is 4.79 Å². The first-order valence-corrected chi connectivity index (χ1v) is 12.0. The van der Waals surface area contributed by atoms with Gasteiger partial charge in [-0.25, -0.2) is 14.6 Å². The van der Waals surface area contributed by atoms with Crippen LogP contribution in [0.3, 0.4) is 0 Å². The fourth-order valence-electron chi connectivity index (χ4n) is 4.75. The van der Waals surface area contributed by atoms with Crippen LogP contribution in [0.25, 0.3) is 45.1 Å². The first-order valence-electron chi connectivity index (χ1n) is 12.0. The molecule has 2 N–H and O–H groups in total. The second kappa shape index (κ2) is 9.30. The van der Waals surface area contributed by atoms with Gasteiger partial charge in [0.1, 0.15) is 17.8 Å². The number of nitrogens with two attached hydrogens (primary N) is 1. The molecule has 1 saturated heterocycles. The zero-order valence-electron chi connectivity index (χ0n) is 20.0. The van der Waals surface area contributed by atoms with Gasteiger partial charge in [0.15, 0.2) is 5.65 Å². The number of nitrogen functional groups attached to an aromatic ring is 1. The Labute approximate surface area is 212 Å². The first-order chi connectivity index (χ1) is 18.1. The van der Waals surface area contributed by atoms with Gasteiger partial charge in [0.25, 0.3) is 5.89 Å². The third-order valence-electron chi connectivity index (χ3n) is 6.61. The molecule has 3 aromatic heterocycles. The standard InChI is InChI=1S/C27H24N8O2/c1-2-21(36)34-14-6-9-20(15-34)35-26-22(24(28)29-16-30-26)23(32-35)17-10-12-18(13-11-17)25-31-27(37-33-25)19-7-4-3-5-8-19/h2-5,7-8,10-13,16,20H,1,6,9,14-15H2,(H2,28,29,30)/t20-/m1/s1. The molecule has 0 unspecified atom stereocenters. The smallest absolute Gasteiger partial charge is 0.258 e. The van der Waals surface area contributed by atoms with E-state index in [4.69, 9.17) is 15.4 Å². The second-order valence-electron chi connectivity index (χ2n) is 8.90. The number of carbonyl (C=O) groups is 1. The van der Waals surface area contributed by atoms with Crippen LogP contribution in [0, 0.1) is 0 Å². The third-order valence-corrected chi connectivity index (χ3v) is 6.61. The fraction of sp³-hybridized carbons (Fsp3) is 0.185. The van der Waals surface area contributed by atoms with Crippen molar-refractivity contribution < 1.29 is 9.32 Å². The lowest BCUT2D eigenvalue weighted by Gasteiger charge is -2.32. The number of amides is 1. The van der Waals surface area contributed by atoms with Crippen molar-refractivity contribution in [2.45, 2.75) is 18.9 Å². The van der Waals surface area contributed by atoms with Gasteiger partial charge in [-0.05, 0) is 31.1 Å². The molecule has 6 rings (SSSR count). The Balaban J connectivity index is 1.34. The van der Waals surface area contributed by atoms with E-state index in [1.54, 1.807) is 4.90 Å². The van der Waals surface area contributed by atoms with Crippen LogP contribution in [0.15, 0.2) is 78.1 Å². The average Bonchev–Trinajstić information content (AvgIpc) is 3.60. The molecule has 0 aliphatic carbocycles. The van der Waals surface area contributed by atoms with Crippen LogP contribution in [0.4, 0.5) is 5.82 Å². The molecule has 0 spiro atoms. The maximum absolute atomic E-state index is 12.2. The molecule has 1 aliphatic heterocycles. The van der Waals surface area contributed by atoms with E-state index in [0.29, 0.717) is 47.3 Å². The highest BCUT2D eigenvalue weighted by molar-refractivity contribution is 5.98. The summed E-state index contributed by atoms with van der Waals surface area (Å²) in [5, 5.41) is 9.76. The summed E-state index contributed by atoms with van der Waals surface area (Å²) in [7, 11) is 0. The van der Waals surface area contributed by atoms with Crippen molar-refractivity contribution in [3.05, 3.63) is 73.6 Å².